The van der Waals surface area contributed by atoms with Crippen LogP contribution in [-0.2, 0) is 42.1 Å². The first-order valence-corrected chi connectivity index (χ1v) is 36.3. The van der Waals surface area contributed by atoms with Crippen molar-refractivity contribution in [1.82, 2.24) is 0 Å². The van der Waals surface area contributed by atoms with Gasteiger partial charge < -0.3 is 32.5 Å². The first-order chi connectivity index (χ1) is 33.9. The summed E-state index contributed by atoms with van der Waals surface area (Å²) < 4.78 is 47.3. The van der Waals surface area contributed by atoms with Gasteiger partial charge in [0, 0.05) is 13.5 Å². The van der Waals surface area contributed by atoms with E-state index in [0.717, 1.165) is 49.9 Å². The normalized spacial score (nSPS) is 36.4. The predicted molar refractivity (Wildman–Crippen MR) is 304 cm³/mol. The molecule has 11 heteroatoms. The van der Waals surface area contributed by atoms with Crippen LogP contribution in [0.1, 0.15) is 195 Å². The van der Waals surface area contributed by atoms with Crippen LogP contribution in [0.2, 0.25) is 36.3 Å². The Balaban J connectivity index is 1.22. The fourth-order valence-electron chi connectivity index (χ4n) is 12.8. The topological polar surface area (TPSA) is 98.8 Å². The van der Waals surface area contributed by atoms with E-state index in [1.807, 2.05) is 7.11 Å². The molecule has 2 aliphatic heterocycles. The Morgan fingerprint density at radius 3 is 1.22 bits per heavy atom. The predicted octanol–water partition coefficient (Wildman–Crippen LogP) is 15.6. The van der Waals surface area contributed by atoms with E-state index >= 15 is 0 Å². The highest BCUT2D eigenvalue weighted by Crippen LogP contribution is 2.55. The van der Waals surface area contributed by atoms with Gasteiger partial charge >= 0.3 is 11.9 Å². The van der Waals surface area contributed by atoms with E-state index in [4.69, 9.17) is 32.5 Å². The third-order valence-corrected chi connectivity index (χ3v) is 31.0. The monoisotopic (exact) mass is 1060 g/mol. The van der Waals surface area contributed by atoms with Gasteiger partial charge in [0.15, 0.2) is 16.6 Å². The maximum Gasteiger partial charge on any atom is 0.311 e. The highest BCUT2D eigenvalue weighted by molar-refractivity contribution is 6.74. The van der Waals surface area contributed by atoms with Crippen molar-refractivity contribution < 1.29 is 42.1 Å². The Morgan fingerprint density at radius 1 is 0.507 bits per heavy atom. The van der Waals surface area contributed by atoms with Gasteiger partial charge in [0.05, 0.1) is 54.6 Å². The Kier molecular flexibility index (Phi) is 22.4. The van der Waals surface area contributed by atoms with E-state index < -0.39 is 16.6 Å². The van der Waals surface area contributed by atoms with E-state index in [-0.39, 0.29) is 102 Å². The highest BCUT2D eigenvalue weighted by atomic mass is 28.4. The molecular formula is C62H116O9Si2. The second kappa shape index (κ2) is 26.0. The average molecular weight is 1060 g/mol. The number of ether oxygens (including phenoxy) is 5. The molecule has 0 aromatic heterocycles. The number of esters is 2. The molecule has 22 atom stereocenters. The van der Waals surface area contributed by atoms with Gasteiger partial charge in [-0.15, -0.1) is 0 Å². The van der Waals surface area contributed by atoms with Gasteiger partial charge in [0.25, 0.3) is 0 Å². The summed E-state index contributed by atoms with van der Waals surface area (Å²) in [6, 6.07) is 0. The van der Waals surface area contributed by atoms with Crippen molar-refractivity contribution in [3.05, 3.63) is 0 Å². The molecular weight excluding hydrogens is 945 g/mol. The van der Waals surface area contributed by atoms with Gasteiger partial charge in [0.2, 0.25) is 0 Å². The zero-order chi connectivity index (χ0) is 54.7. The number of methoxy groups -OCH3 is 1. The van der Waals surface area contributed by atoms with Crippen molar-refractivity contribution in [2.75, 3.05) is 20.3 Å². The number of carbonyl (C=O) groups excluding carboxylic acids is 2. The Morgan fingerprint density at radius 2 is 0.863 bits per heavy atom. The summed E-state index contributed by atoms with van der Waals surface area (Å²) >= 11 is 0. The Bertz CT molecular complexity index is 1730. The van der Waals surface area contributed by atoms with Crippen molar-refractivity contribution in [2.24, 2.45) is 88.8 Å². The quantitative estimate of drug-likeness (QED) is 0.0560. The summed E-state index contributed by atoms with van der Waals surface area (Å²) in [6.45, 7) is 48.5. The molecule has 3 saturated carbocycles. The largest absolute Gasteiger partial charge is 0.463 e. The van der Waals surface area contributed by atoms with Crippen LogP contribution in [0.15, 0.2) is 0 Å². The number of hydrogen-bond acceptors (Lipinski definition) is 9. The van der Waals surface area contributed by atoms with Crippen LogP contribution >= 0.6 is 0 Å². The summed E-state index contributed by atoms with van der Waals surface area (Å²) in [6.07, 6.45) is 12.1. The van der Waals surface area contributed by atoms with Crippen molar-refractivity contribution in [2.45, 2.75) is 274 Å². The molecule has 0 spiro atoms. The molecule has 0 aromatic rings. The van der Waals surface area contributed by atoms with Gasteiger partial charge in [-0.2, -0.15) is 0 Å². The molecule has 0 radical (unpaired) electrons. The van der Waals surface area contributed by atoms with Crippen molar-refractivity contribution >= 4 is 28.6 Å². The zero-order valence-corrected chi connectivity index (χ0v) is 53.3. The summed E-state index contributed by atoms with van der Waals surface area (Å²) in [5, 5.41) is 0.0749. The minimum Gasteiger partial charge on any atom is -0.463 e. The lowest BCUT2D eigenvalue weighted by molar-refractivity contribution is -0.203. The number of rotatable bonds is 28. The summed E-state index contributed by atoms with van der Waals surface area (Å²) in [5.41, 5.74) is 0. The molecule has 0 bridgehead atoms. The zero-order valence-electron chi connectivity index (χ0n) is 51.3. The fraction of sp³-hybridized carbons (Fsp3) is 0.968. The average Bonchev–Trinajstić information content (AvgIpc) is 4.27. The first kappa shape index (κ1) is 63.0. The standard InChI is InChI=1S/C62H116O9Si2/c1-23-37(5)52(65-18)31-47-30-49(47)33-56(71-73(21,22)62(15,16)17)51(26-4)60(64)67-36-58-43(11)39(7)41(9)54(69-58)34-53-40(8)38(6)42(10)57(68-53)35-66-59(63)50(25-3)55(70-72(19,20)61(12,13)14)32-48-29-46(48)28-45-27-44(45)24-2/h37-58H,23-36H2,1-22H3/t37-,38?,39?,40?,41?,42?,43?,44+,45+,46+,47+,48+,49-,50+,51+,52-,53?,54?,55+,56+,57?,58?/m0/s1. The highest BCUT2D eigenvalue weighted by Gasteiger charge is 2.51. The van der Waals surface area contributed by atoms with Crippen molar-refractivity contribution in [3.63, 3.8) is 0 Å². The fourth-order valence-corrected chi connectivity index (χ4v) is 15.5. The second-order valence-electron chi connectivity index (χ2n) is 28.7. The van der Waals surface area contributed by atoms with Crippen molar-refractivity contribution in [3.8, 4) is 0 Å². The molecule has 73 heavy (non-hydrogen) atoms. The lowest BCUT2D eigenvalue weighted by Gasteiger charge is -2.48. The molecule has 2 saturated heterocycles. The van der Waals surface area contributed by atoms with Crippen LogP contribution in [0.25, 0.3) is 0 Å². The minimum atomic E-state index is -2.20. The van der Waals surface area contributed by atoms with E-state index in [2.05, 4.69) is 144 Å². The van der Waals surface area contributed by atoms with Crippen LogP contribution < -0.4 is 0 Å². The van der Waals surface area contributed by atoms with E-state index in [1.165, 1.54) is 32.1 Å². The Labute approximate surface area is 451 Å². The summed E-state index contributed by atoms with van der Waals surface area (Å²) in [5.74, 6) is 5.81. The second-order valence-corrected chi connectivity index (χ2v) is 38.2. The lowest BCUT2D eigenvalue weighted by Crippen LogP contribution is -2.52. The molecule has 426 valence electrons. The van der Waals surface area contributed by atoms with Crippen LogP contribution in [0, 0.1) is 88.8 Å². The van der Waals surface area contributed by atoms with Crippen LogP contribution in [-0.4, -0.2) is 91.6 Å². The summed E-state index contributed by atoms with van der Waals surface area (Å²) in [4.78, 5) is 28.8. The molecule has 0 amide bonds. The Hall–Kier alpha value is -0.826. The minimum absolute atomic E-state index is 0.0237. The SMILES string of the molecule is CC[C@@H]1C[C@@H]1C[C@@H]1C[C@@H]1C[C@@H](O[Si](C)(C)C(C)(C)C)[C@@H](CC)C(=O)OCC1OC(CC2OC(COC(=O)[C@H](CC)[C@@H](C[C@@H]3C[C@@H]3C[C@H](OC)[C@@H](C)CC)O[Si](C)(C)C(C)(C)C)C(C)C(C)C2C)C(C)C(C)C1C. The molecule has 2 heterocycles. The molecule has 5 aliphatic rings. The molecule has 0 aromatic carbocycles. The van der Waals surface area contributed by atoms with Crippen LogP contribution in [0.4, 0.5) is 0 Å². The maximum absolute atomic E-state index is 14.4. The molecule has 5 rings (SSSR count). The third kappa shape index (κ3) is 16.2. The number of carbonyl (C=O) groups is 2. The molecule has 3 aliphatic carbocycles. The van der Waals surface area contributed by atoms with Gasteiger partial charge in [-0.1, -0.05) is 131 Å². The van der Waals surface area contributed by atoms with E-state index in [1.54, 1.807) is 0 Å². The number of hydrogen-bond donors (Lipinski definition) is 0. The van der Waals surface area contributed by atoms with Crippen molar-refractivity contribution in [1.29, 1.82) is 0 Å². The lowest BCUT2D eigenvalue weighted by atomic mass is 9.72. The molecule has 0 N–H and O–H groups in total. The summed E-state index contributed by atoms with van der Waals surface area (Å²) in [7, 11) is -2.49. The molecule has 9 nitrogen and oxygen atoms in total. The smallest absolute Gasteiger partial charge is 0.311 e. The molecule has 5 fully saturated rings. The molecule has 10 unspecified atom stereocenters. The van der Waals surface area contributed by atoms with Gasteiger partial charge in [0.1, 0.15) is 13.2 Å². The van der Waals surface area contributed by atoms with Gasteiger partial charge in [-0.05, 0) is 171 Å². The maximum atomic E-state index is 14.4. The van der Waals surface area contributed by atoms with E-state index in [9.17, 15) is 9.59 Å². The third-order valence-electron chi connectivity index (χ3n) is 22.0. The van der Waals surface area contributed by atoms with E-state index in [0.29, 0.717) is 60.2 Å². The van der Waals surface area contributed by atoms with Crippen LogP contribution in [0.5, 0.6) is 0 Å². The first-order valence-electron chi connectivity index (χ1n) is 30.5. The van der Waals surface area contributed by atoms with Crippen LogP contribution in [0.3, 0.4) is 0 Å². The van der Waals surface area contributed by atoms with Gasteiger partial charge in [-0.3, -0.25) is 9.59 Å². The van der Waals surface area contributed by atoms with Gasteiger partial charge in [-0.25, -0.2) is 0 Å².